The van der Waals surface area contributed by atoms with Crippen LogP contribution in [-0.2, 0) is 0 Å². The van der Waals surface area contributed by atoms with Crippen LogP contribution in [0.5, 0.6) is 0 Å². The first-order valence-electron chi connectivity index (χ1n) is 3.52. The van der Waals surface area contributed by atoms with E-state index in [1.807, 2.05) is 18.4 Å². The molecule has 0 saturated carbocycles. The summed E-state index contributed by atoms with van der Waals surface area (Å²) in [6.45, 7) is 3.55. The lowest BCUT2D eigenvalue weighted by Gasteiger charge is -1.91. The number of aryl methyl sites for hydroxylation is 1. The molecular weight excluding hydrogens is 286 g/mol. The summed E-state index contributed by atoms with van der Waals surface area (Å²) in [5, 5.41) is 1.94. The summed E-state index contributed by atoms with van der Waals surface area (Å²) in [6, 6.07) is 1.96. The SMILES string of the molecule is CC(=O)c1sccc1C.ClC(Cl)(Cl)Cl. The van der Waals surface area contributed by atoms with Crippen LogP contribution < -0.4 is 0 Å². The van der Waals surface area contributed by atoms with Crippen LogP contribution in [0.15, 0.2) is 11.4 Å². The van der Waals surface area contributed by atoms with E-state index in [2.05, 4.69) is 0 Å². The summed E-state index contributed by atoms with van der Waals surface area (Å²) in [4.78, 5) is 11.6. The minimum Gasteiger partial charge on any atom is -0.294 e. The van der Waals surface area contributed by atoms with Gasteiger partial charge in [0.1, 0.15) is 0 Å². The van der Waals surface area contributed by atoms with Crippen molar-refractivity contribution in [1.82, 2.24) is 0 Å². The van der Waals surface area contributed by atoms with Crippen LogP contribution in [0.3, 0.4) is 0 Å². The van der Waals surface area contributed by atoms with Crippen molar-refractivity contribution in [2.45, 2.75) is 17.1 Å². The fraction of sp³-hybridized carbons (Fsp3) is 0.375. The number of thiophene rings is 1. The Morgan fingerprint density at radius 2 is 1.79 bits per heavy atom. The van der Waals surface area contributed by atoms with E-state index >= 15 is 0 Å². The van der Waals surface area contributed by atoms with Crippen LogP contribution >= 0.6 is 57.7 Å². The maximum absolute atomic E-state index is 10.7. The lowest BCUT2D eigenvalue weighted by molar-refractivity contribution is 0.102. The Morgan fingerprint density at radius 3 is 1.93 bits per heavy atom. The van der Waals surface area contributed by atoms with Crippen molar-refractivity contribution in [3.63, 3.8) is 0 Å². The first-order valence-corrected chi connectivity index (χ1v) is 5.91. The molecule has 1 aromatic heterocycles. The predicted molar refractivity (Wildman–Crippen MR) is 65.2 cm³/mol. The van der Waals surface area contributed by atoms with Crippen molar-refractivity contribution in [2.24, 2.45) is 0 Å². The van der Waals surface area contributed by atoms with Crippen molar-refractivity contribution >= 4 is 63.5 Å². The zero-order valence-corrected chi connectivity index (χ0v) is 11.3. The molecule has 1 nitrogen and oxygen atoms in total. The number of alkyl halides is 4. The topological polar surface area (TPSA) is 17.1 Å². The molecule has 0 atom stereocenters. The molecule has 0 aliphatic rings. The van der Waals surface area contributed by atoms with E-state index in [9.17, 15) is 4.79 Å². The summed E-state index contributed by atoms with van der Waals surface area (Å²) in [5.41, 5.74) is 1.09. The van der Waals surface area contributed by atoms with Gasteiger partial charge < -0.3 is 0 Å². The second-order valence-electron chi connectivity index (χ2n) is 2.42. The summed E-state index contributed by atoms with van der Waals surface area (Å²) < 4.78 is -1.61. The number of halogens is 4. The highest BCUT2D eigenvalue weighted by atomic mass is 35.6. The van der Waals surface area contributed by atoms with Gasteiger partial charge in [-0.15, -0.1) is 11.3 Å². The third-order valence-corrected chi connectivity index (χ3v) is 2.30. The highest BCUT2D eigenvalue weighted by Crippen LogP contribution is 2.29. The lowest BCUT2D eigenvalue weighted by Crippen LogP contribution is -1.87. The Hall–Kier alpha value is 0.530. The van der Waals surface area contributed by atoms with E-state index in [0.29, 0.717) is 0 Å². The smallest absolute Gasteiger partial charge is 0.266 e. The van der Waals surface area contributed by atoms with Gasteiger partial charge in [-0.3, -0.25) is 4.79 Å². The minimum absolute atomic E-state index is 0.169. The number of Topliss-reactive ketones (excluding diaryl/α,β-unsaturated/α-hetero) is 1. The van der Waals surface area contributed by atoms with Crippen molar-refractivity contribution in [2.75, 3.05) is 0 Å². The molecule has 0 amide bonds. The average Bonchev–Trinajstić information content (AvgIpc) is 2.30. The van der Waals surface area contributed by atoms with Crippen LogP contribution in [0, 0.1) is 6.92 Å². The van der Waals surface area contributed by atoms with Gasteiger partial charge in [0, 0.05) is 0 Å². The van der Waals surface area contributed by atoms with Gasteiger partial charge in [0.25, 0.3) is 3.25 Å². The maximum Gasteiger partial charge on any atom is 0.266 e. The Kier molecular flexibility index (Phi) is 6.42. The van der Waals surface area contributed by atoms with Gasteiger partial charge in [-0.1, -0.05) is 46.4 Å². The maximum atomic E-state index is 10.7. The molecule has 0 aliphatic carbocycles. The summed E-state index contributed by atoms with van der Waals surface area (Å²) in [7, 11) is 0. The highest BCUT2D eigenvalue weighted by molar-refractivity contribution is 7.12. The van der Waals surface area contributed by atoms with E-state index in [4.69, 9.17) is 46.4 Å². The molecule has 0 unspecified atom stereocenters. The Balaban J connectivity index is 0.000000292. The second kappa shape index (κ2) is 6.19. The molecule has 1 heterocycles. The summed E-state index contributed by atoms with van der Waals surface area (Å²) >= 11 is 20.8. The fourth-order valence-corrected chi connectivity index (χ4v) is 1.56. The first-order chi connectivity index (χ1) is 6.22. The first kappa shape index (κ1) is 14.5. The molecule has 0 radical (unpaired) electrons. The van der Waals surface area contributed by atoms with Crippen molar-refractivity contribution in [3.05, 3.63) is 21.9 Å². The number of carbonyl (C=O) groups is 1. The molecule has 0 saturated heterocycles. The number of hydrogen-bond donors (Lipinski definition) is 0. The molecule has 1 aromatic rings. The lowest BCUT2D eigenvalue weighted by atomic mass is 10.2. The summed E-state index contributed by atoms with van der Waals surface area (Å²) in [5.74, 6) is 0.169. The predicted octanol–water partition coefficient (Wildman–Crippen LogP) is 4.81. The molecular formula is C8H8Cl4OS. The number of ketones is 1. The fourth-order valence-electron chi connectivity index (χ4n) is 0.733. The van der Waals surface area contributed by atoms with Crippen LogP contribution in [0.2, 0.25) is 0 Å². The third kappa shape index (κ3) is 7.89. The van der Waals surface area contributed by atoms with Gasteiger partial charge in [0.15, 0.2) is 5.78 Å². The quantitative estimate of drug-likeness (QED) is 0.536. The summed E-state index contributed by atoms with van der Waals surface area (Å²) in [6.07, 6.45) is 0. The van der Waals surface area contributed by atoms with E-state index in [-0.39, 0.29) is 5.78 Å². The van der Waals surface area contributed by atoms with Crippen LogP contribution in [0.25, 0.3) is 0 Å². The standard InChI is InChI=1S/C7H8OS.CCl4/c1-5-3-4-9-7(5)6(2)8;2-1(3,4)5/h3-4H,1-2H3;. The van der Waals surface area contributed by atoms with Gasteiger partial charge >= 0.3 is 0 Å². The second-order valence-corrected chi connectivity index (χ2v) is 6.76. The van der Waals surface area contributed by atoms with E-state index < -0.39 is 3.25 Å². The molecule has 0 fully saturated rings. The molecule has 0 spiro atoms. The Bertz CT molecular complexity index is 297. The number of hydrogen-bond acceptors (Lipinski definition) is 2. The molecule has 14 heavy (non-hydrogen) atoms. The van der Waals surface area contributed by atoms with Crippen LogP contribution in [0.4, 0.5) is 0 Å². The molecule has 0 bridgehead atoms. The van der Waals surface area contributed by atoms with Gasteiger partial charge in [0.05, 0.1) is 4.88 Å². The van der Waals surface area contributed by atoms with E-state index in [1.54, 1.807) is 6.92 Å². The zero-order chi connectivity index (χ0) is 11.4. The molecule has 0 aliphatic heterocycles. The minimum atomic E-state index is -1.61. The number of carbonyl (C=O) groups excluding carboxylic acids is 1. The normalized spacial score (nSPS) is 10.4. The molecule has 1 rings (SSSR count). The van der Waals surface area contributed by atoms with E-state index in [1.165, 1.54) is 11.3 Å². The highest BCUT2D eigenvalue weighted by Gasteiger charge is 2.11. The van der Waals surface area contributed by atoms with Gasteiger partial charge in [-0.2, -0.15) is 0 Å². The van der Waals surface area contributed by atoms with Crippen molar-refractivity contribution in [1.29, 1.82) is 0 Å². The van der Waals surface area contributed by atoms with Crippen molar-refractivity contribution in [3.8, 4) is 0 Å². The third-order valence-electron chi connectivity index (χ3n) is 1.18. The monoisotopic (exact) mass is 292 g/mol. The molecule has 0 aromatic carbocycles. The van der Waals surface area contributed by atoms with Crippen LogP contribution in [-0.4, -0.2) is 9.03 Å². The molecule has 80 valence electrons. The van der Waals surface area contributed by atoms with Gasteiger partial charge in [0.2, 0.25) is 0 Å². The van der Waals surface area contributed by atoms with E-state index in [0.717, 1.165) is 10.4 Å². The molecule has 6 heteroatoms. The van der Waals surface area contributed by atoms with Gasteiger partial charge in [-0.25, -0.2) is 0 Å². The Labute approximate surface area is 107 Å². The molecule has 0 N–H and O–H groups in total. The van der Waals surface area contributed by atoms with Gasteiger partial charge in [-0.05, 0) is 30.9 Å². The van der Waals surface area contributed by atoms with Crippen molar-refractivity contribution < 1.29 is 4.79 Å². The number of rotatable bonds is 1. The largest absolute Gasteiger partial charge is 0.294 e. The average molecular weight is 294 g/mol. The Morgan fingerprint density at radius 1 is 1.36 bits per heavy atom. The van der Waals surface area contributed by atoms with Crippen LogP contribution in [0.1, 0.15) is 22.2 Å². The zero-order valence-electron chi connectivity index (χ0n) is 7.48.